The molecule has 0 radical (unpaired) electrons. The molecule has 18 heavy (non-hydrogen) atoms. The molecule has 3 rings (SSSR count). The molecule has 1 aliphatic heterocycles. The fourth-order valence-corrected chi connectivity index (χ4v) is 2.61. The van der Waals surface area contributed by atoms with E-state index in [1.54, 1.807) is 12.5 Å². The molecule has 2 aromatic rings. The molecule has 0 spiro atoms. The molecule has 1 amide bonds. The minimum absolute atomic E-state index is 0.144. The number of rotatable bonds is 1. The lowest BCUT2D eigenvalue weighted by Crippen LogP contribution is -2.39. The first kappa shape index (κ1) is 11.3. The van der Waals surface area contributed by atoms with Crippen molar-refractivity contribution < 1.29 is 4.79 Å². The molecule has 1 fully saturated rings. The first-order valence-corrected chi connectivity index (χ1v) is 6.45. The van der Waals surface area contributed by atoms with Crippen LogP contribution in [0.15, 0.2) is 30.9 Å². The summed E-state index contributed by atoms with van der Waals surface area (Å²) in [5.41, 5.74) is 1.73. The first-order chi connectivity index (χ1) is 8.74. The van der Waals surface area contributed by atoms with E-state index in [1.807, 2.05) is 27.6 Å². The number of hydrogen-bond donors (Lipinski definition) is 0. The van der Waals surface area contributed by atoms with Gasteiger partial charge in [0.1, 0.15) is 0 Å². The van der Waals surface area contributed by atoms with E-state index >= 15 is 0 Å². The highest BCUT2D eigenvalue weighted by Crippen LogP contribution is 2.18. The zero-order valence-corrected chi connectivity index (χ0v) is 10.5. The quantitative estimate of drug-likeness (QED) is 0.770. The predicted molar refractivity (Wildman–Crippen MR) is 69.5 cm³/mol. The van der Waals surface area contributed by atoms with Gasteiger partial charge in [-0.3, -0.25) is 4.79 Å². The summed E-state index contributed by atoms with van der Waals surface area (Å²) in [6.45, 7) is 3.97. The lowest BCUT2D eigenvalue weighted by Gasteiger charge is -2.31. The molecule has 0 saturated carbocycles. The fourth-order valence-electron chi connectivity index (χ4n) is 2.61. The van der Waals surface area contributed by atoms with E-state index in [0.717, 1.165) is 30.6 Å². The number of aromatic nitrogens is 2. The molecular formula is C14H17N3O. The molecular weight excluding hydrogens is 226 g/mol. The van der Waals surface area contributed by atoms with Crippen molar-refractivity contribution in [1.82, 2.24) is 14.3 Å². The molecule has 4 nitrogen and oxygen atoms in total. The van der Waals surface area contributed by atoms with E-state index < -0.39 is 0 Å². The molecule has 94 valence electrons. The second-order valence-electron chi connectivity index (χ2n) is 5.14. The number of hydrogen-bond acceptors (Lipinski definition) is 2. The number of likely N-dealkylation sites (tertiary alicyclic amines) is 1. The van der Waals surface area contributed by atoms with Crippen molar-refractivity contribution >= 4 is 11.4 Å². The van der Waals surface area contributed by atoms with Crippen LogP contribution in [0.4, 0.5) is 0 Å². The summed E-state index contributed by atoms with van der Waals surface area (Å²) in [5, 5.41) is 0. The van der Waals surface area contributed by atoms with Crippen LogP contribution in [-0.4, -0.2) is 33.3 Å². The Kier molecular flexibility index (Phi) is 2.78. The third-order valence-corrected chi connectivity index (χ3v) is 3.61. The van der Waals surface area contributed by atoms with Crippen molar-refractivity contribution in [1.29, 1.82) is 0 Å². The van der Waals surface area contributed by atoms with Gasteiger partial charge in [-0.2, -0.15) is 0 Å². The zero-order chi connectivity index (χ0) is 12.5. The summed E-state index contributed by atoms with van der Waals surface area (Å²) in [5.74, 6) is 0.756. The van der Waals surface area contributed by atoms with Gasteiger partial charge in [0.05, 0.1) is 18.0 Å². The Bertz CT molecular complexity index is 575. The van der Waals surface area contributed by atoms with Gasteiger partial charge in [0.25, 0.3) is 5.91 Å². The van der Waals surface area contributed by atoms with Gasteiger partial charge < -0.3 is 9.30 Å². The van der Waals surface area contributed by atoms with E-state index in [2.05, 4.69) is 11.9 Å². The van der Waals surface area contributed by atoms with Crippen LogP contribution in [0, 0.1) is 5.92 Å². The Hall–Kier alpha value is -1.84. The van der Waals surface area contributed by atoms with Gasteiger partial charge in [-0.1, -0.05) is 6.92 Å². The monoisotopic (exact) mass is 243 g/mol. The van der Waals surface area contributed by atoms with Crippen molar-refractivity contribution in [2.24, 2.45) is 5.92 Å². The Morgan fingerprint density at radius 3 is 3.22 bits per heavy atom. The molecule has 0 aliphatic carbocycles. The minimum Gasteiger partial charge on any atom is -0.338 e. The number of fused-ring (bicyclic) bond motifs is 1. The normalized spacial score (nSPS) is 20.3. The van der Waals surface area contributed by atoms with Gasteiger partial charge in [0.2, 0.25) is 0 Å². The molecule has 1 saturated heterocycles. The Morgan fingerprint density at radius 2 is 2.39 bits per heavy atom. The van der Waals surface area contributed by atoms with Gasteiger partial charge >= 0.3 is 0 Å². The molecule has 2 aromatic heterocycles. The number of imidazole rings is 1. The van der Waals surface area contributed by atoms with Crippen LogP contribution >= 0.6 is 0 Å². The number of pyridine rings is 1. The molecule has 1 aliphatic rings. The molecule has 3 heterocycles. The number of piperidine rings is 1. The minimum atomic E-state index is 0.144. The molecule has 4 heteroatoms. The van der Waals surface area contributed by atoms with Crippen LogP contribution in [0.5, 0.6) is 0 Å². The summed E-state index contributed by atoms with van der Waals surface area (Å²) in [7, 11) is 0. The summed E-state index contributed by atoms with van der Waals surface area (Å²) in [4.78, 5) is 18.4. The Morgan fingerprint density at radius 1 is 1.50 bits per heavy atom. The number of carbonyl (C=O) groups is 1. The molecule has 1 atom stereocenters. The maximum atomic E-state index is 12.4. The predicted octanol–water partition coefficient (Wildman–Crippen LogP) is 2.21. The first-order valence-electron chi connectivity index (χ1n) is 6.45. The second kappa shape index (κ2) is 4.44. The van der Waals surface area contributed by atoms with E-state index in [1.165, 1.54) is 6.42 Å². The second-order valence-corrected chi connectivity index (χ2v) is 5.14. The van der Waals surface area contributed by atoms with E-state index in [9.17, 15) is 4.79 Å². The summed E-state index contributed by atoms with van der Waals surface area (Å²) in [6.07, 6.45) is 7.75. The topological polar surface area (TPSA) is 37.6 Å². The highest BCUT2D eigenvalue weighted by molar-refractivity contribution is 5.95. The largest absolute Gasteiger partial charge is 0.338 e. The smallest absolute Gasteiger partial charge is 0.253 e. The summed E-state index contributed by atoms with van der Waals surface area (Å²) in [6, 6.07) is 3.78. The molecule has 0 bridgehead atoms. The summed E-state index contributed by atoms with van der Waals surface area (Å²) >= 11 is 0. The van der Waals surface area contributed by atoms with Crippen LogP contribution in [0.2, 0.25) is 0 Å². The van der Waals surface area contributed by atoms with E-state index in [-0.39, 0.29) is 5.91 Å². The number of carbonyl (C=O) groups excluding carboxylic acids is 1. The molecule has 0 aromatic carbocycles. The van der Waals surface area contributed by atoms with Crippen LogP contribution in [0.25, 0.3) is 5.52 Å². The SMILES string of the molecule is CC1CCCN(C(=O)c2ccn3cncc3c2)C1. The van der Waals surface area contributed by atoms with Crippen molar-refractivity contribution in [2.75, 3.05) is 13.1 Å². The van der Waals surface area contributed by atoms with E-state index in [4.69, 9.17) is 0 Å². The third kappa shape index (κ3) is 1.98. The van der Waals surface area contributed by atoms with Gasteiger partial charge in [0, 0.05) is 24.8 Å². The van der Waals surface area contributed by atoms with E-state index in [0.29, 0.717) is 5.92 Å². The van der Waals surface area contributed by atoms with Gasteiger partial charge in [-0.25, -0.2) is 4.98 Å². The highest BCUT2D eigenvalue weighted by Gasteiger charge is 2.22. The van der Waals surface area contributed by atoms with Crippen LogP contribution in [-0.2, 0) is 0 Å². The van der Waals surface area contributed by atoms with Gasteiger partial charge in [0.15, 0.2) is 0 Å². The number of nitrogens with zero attached hydrogens (tertiary/aromatic N) is 3. The molecule has 1 unspecified atom stereocenters. The summed E-state index contributed by atoms with van der Waals surface area (Å²) < 4.78 is 1.91. The van der Waals surface area contributed by atoms with Crippen molar-refractivity contribution in [3.63, 3.8) is 0 Å². The maximum absolute atomic E-state index is 12.4. The number of amides is 1. The Labute approximate surface area is 106 Å². The van der Waals surface area contributed by atoms with Crippen molar-refractivity contribution in [3.05, 3.63) is 36.4 Å². The zero-order valence-electron chi connectivity index (χ0n) is 10.5. The van der Waals surface area contributed by atoms with Crippen molar-refractivity contribution in [3.8, 4) is 0 Å². The lowest BCUT2D eigenvalue weighted by atomic mass is 9.99. The maximum Gasteiger partial charge on any atom is 0.253 e. The van der Waals surface area contributed by atoms with Crippen LogP contribution < -0.4 is 0 Å². The van der Waals surface area contributed by atoms with Gasteiger partial charge in [-0.15, -0.1) is 0 Å². The lowest BCUT2D eigenvalue weighted by molar-refractivity contribution is 0.0683. The van der Waals surface area contributed by atoms with Crippen LogP contribution in [0.3, 0.4) is 0 Å². The molecule has 0 N–H and O–H groups in total. The Balaban J connectivity index is 1.86. The van der Waals surface area contributed by atoms with Gasteiger partial charge in [-0.05, 0) is 30.9 Å². The standard InChI is InChI=1S/C14H17N3O/c1-11-3-2-5-16(9-11)14(18)12-4-6-17-10-15-8-13(17)7-12/h4,6-8,10-11H,2-3,5,9H2,1H3. The van der Waals surface area contributed by atoms with Crippen LogP contribution in [0.1, 0.15) is 30.1 Å². The van der Waals surface area contributed by atoms with Crippen molar-refractivity contribution in [2.45, 2.75) is 19.8 Å². The third-order valence-electron chi connectivity index (χ3n) is 3.61. The average molecular weight is 243 g/mol. The highest BCUT2D eigenvalue weighted by atomic mass is 16.2. The fraction of sp³-hybridized carbons (Fsp3) is 0.429. The average Bonchev–Trinajstić information content (AvgIpc) is 2.85.